The van der Waals surface area contributed by atoms with Crippen molar-refractivity contribution in [3.63, 3.8) is 0 Å². The molecule has 7 heteroatoms. The second-order valence-corrected chi connectivity index (χ2v) is 7.99. The van der Waals surface area contributed by atoms with Gasteiger partial charge in [-0.3, -0.25) is 0 Å². The summed E-state index contributed by atoms with van der Waals surface area (Å²) in [7, 11) is 0. The maximum atomic E-state index is 11.9. The highest BCUT2D eigenvalue weighted by Gasteiger charge is 2.23. The van der Waals surface area contributed by atoms with E-state index in [2.05, 4.69) is 19.5 Å². The van der Waals surface area contributed by atoms with Gasteiger partial charge in [0, 0.05) is 11.1 Å². The van der Waals surface area contributed by atoms with Crippen molar-refractivity contribution in [1.82, 2.24) is 11.0 Å². The Balaban J connectivity index is 1.33. The monoisotopic (exact) mass is 457 g/mol. The van der Waals surface area contributed by atoms with Crippen LogP contribution in [0.4, 0.5) is 0 Å². The van der Waals surface area contributed by atoms with Gasteiger partial charge in [0.2, 0.25) is 0 Å². The van der Waals surface area contributed by atoms with Gasteiger partial charge in [0.25, 0.3) is 0 Å². The van der Waals surface area contributed by atoms with Crippen molar-refractivity contribution >= 4 is 0 Å². The smallest absolute Gasteiger partial charge is 0.151 e. The molecule has 0 heterocycles. The highest BCUT2D eigenvalue weighted by atomic mass is 17.1. The van der Waals surface area contributed by atoms with Crippen LogP contribution in [0.1, 0.15) is 25.0 Å². The first-order valence-electron chi connectivity index (χ1n) is 10.7. The molecule has 174 valence electrons. The number of nitrogens with zero attached hydrogens (tertiary/aromatic N) is 1. The Morgan fingerprint density at radius 1 is 0.559 bits per heavy atom. The van der Waals surface area contributed by atoms with Gasteiger partial charge in [-0.2, -0.15) is 0 Å². The molecule has 0 aliphatic rings. The number of hydrogen-bond donors (Lipinski definition) is 1. The van der Waals surface area contributed by atoms with Crippen molar-refractivity contribution in [3.8, 4) is 23.0 Å². The molecule has 0 saturated carbocycles. The fourth-order valence-electron chi connectivity index (χ4n) is 3.32. The molecule has 1 N–H and O–H groups in total. The van der Waals surface area contributed by atoms with E-state index in [1.165, 1.54) is 0 Å². The van der Waals surface area contributed by atoms with Crippen LogP contribution >= 0.6 is 0 Å². The molecule has 0 bridgehead atoms. The Kier molecular flexibility index (Phi) is 7.29. The first-order valence-corrected chi connectivity index (χ1v) is 10.7. The molecule has 0 unspecified atom stereocenters. The second kappa shape index (κ2) is 10.7. The third kappa shape index (κ3) is 6.05. The van der Waals surface area contributed by atoms with Crippen LogP contribution in [0.3, 0.4) is 0 Å². The van der Waals surface area contributed by atoms with E-state index in [0.717, 1.165) is 11.1 Å². The van der Waals surface area contributed by atoms with Crippen LogP contribution in [-0.2, 0) is 5.41 Å². The largest absolute Gasteiger partial charge is 0.718 e. The SMILES string of the molecule is CC(C)(c1ccc(ONOc2ccccc2)cc1)c1ccc(ON([O-])Oc2ccccc2)cc1. The van der Waals surface area contributed by atoms with Crippen LogP contribution in [0.15, 0.2) is 109 Å². The lowest BCUT2D eigenvalue weighted by atomic mass is 9.78. The standard InChI is InChI=1S/C27H25N2O5/c1-27(2,21-13-17-24(18-14-21)32-28-31-23-9-5-3-6-10-23)22-15-19-26(20-16-22)34-29(30)33-25-11-7-4-8-12-25/h3-20,28H,1-2H3/q-1. The number of rotatable bonds is 10. The maximum absolute atomic E-state index is 11.9. The number of benzene rings is 4. The average molecular weight is 458 g/mol. The summed E-state index contributed by atoms with van der Waals surface area (Å²) in [6.45, 7) is 4.24. The molecule has 0 aliphatic heterocycles. The fourth-order valence-corrected chi connectivity index (χ4v) is 3.32. The van der Waals surface area contributed by atoms with E-state index in [0.29, 0.717) is 23.0 Å². The van der Waals surface area contributed by atoms with Crippen molar-refractivity contribution in [2.75, 3.05) is 0 Å². The van der Waals surface area contributed by atoms with Gasteiger partial charge in [-0.1, -0.05) is 74.5 Å². The summed E-state index contributed by atoms with van der Waals surface area (Å²) < 4.78 is 0. The average Bonchev–Trinajstić information content (AvgIpc) is 2.86. The fraction of sp³-hybridized carbons (Fsp3) is 0.111. The molecule has 4 rings (SSSR count). The van der Waals surface area contributed by atoms with Gasteiger partial charge in [-0.25, -0.2) is 0 Å². The topological polar surface area (TPSA) is 75.2 Å². The summed E-state index contributed by atoms with van der Waals surface area (Å²) in [6.07, 6.45) is 0. The Morgan fingerprint density at radius 3 is 1.44 bits per heavy atom. The minimum Gasteiger partial charge on any atom is -0.718 e. The van der Waals surface area contributed by atoms with Gasteiger partial charge in [-0.05, 0) is 65.0 Å². The molecule has 0 atom stereocenters. The van der Waals surface area contributed by atoms with Gasteiger partial charge < -0.3 is 24.6 Å². The Bertz CT molecular complexity index is 1150. The number of hydrogen-bond acceptors (Lipinski definition) is 7. The first-order chi connectivity index (χ1) is 16.5. The van der Waals surface area contributed by atoms with Crippen LogP contribution in [0.25, 0.3) is 0 Å². The minimum absolute atomic E-state index is 0.0871. The summed E-state index contributed by atoms with van der Waals surface area (Å²) in [5, 5.41) is 12.0. The quantitative estimate of drug-likeness (QED) is 0.294. The lowest BCUT2D eigenvalue weighted by Crippen LogP contribution is -2.24. The summed E-state index contributed by atoms with van der Waals surface area (Å²) in [6, 6.07) is 33.1. The van der Waals surface area contributed by atoms with E-state index >= 15 is 0 Å². The number of para-hydroxylation sites is 2. The van der Waals surface area contributed by atoms with Crippen LogP contribution in [-0.4, -0.2) is 5.39 Å². The van der Waals surface area contributed by atoms with Gasteiger partial charge in [0.1, 0.15) is 11.5 Å². The zero-order valence-electron chi connectivity index (χ0n) is 18.9. The predicted molar refractivity (Wildman–Crippen MR) is 129 cm³/mol. The zero-order valence-corrected chi connectivity index (χ0v) is 18.9. The normalized spacial score (nSPS) is 11.2. The van der Waals surface area contributed by atoms with E-state index in [9.17, 15) is 5.21 Å². The molecule has 0 amide bonds. The van der Waals surface area contributed by atoms with E-state index in [4.69, 9.17) is 19.4 Å². The zero-order chi connectivity index (χ0) is 23.8. The van der Waals surface area contributed by atoms with Gasteiger partial charge in [-0.15, -0.1) is 0 Å². The Hall–Kier alpha value is -4.04. The number of nitrogens with one attached hydrogen (secondary N) is 1. The highest BCUT2D eigenvalue weighted by molar-refractivity contribution is 5.41. The van der Waals surface area contributed by atoms with Crippen LogP contribution in [0.2, 0.25) is 0 Å². The molecule has 4 aromatic rings. The molecular formula is C27H25N2O5-. The molecule has 7 nitrogen and oxygen atoms in total. The lowest BCUT2D eigenvalue weighted by molar-refractivity contribution is -0.215. The van der Waals surface area contributed by atoms with Gasteiger partial charge >= 0.3 is 0 Å². The molecule has 0 aromatic heterocycles. The third-order valence-corrected chi connectivity index (χ3v) is 5.32. The molecule has 0 fully saturated rings. The van der Waals surface area contributed by atoms with Gasteiger partial charge in [0.15, 0.2) is 11.5 Å². The first kappa shape index (κ1) is 23.1. The van der Waals surface area contributed by atoms with Crippen molar-refractivity contribution in [3.05, 3.63) is 126 Å². The maximum Gasteiger partial charge on any atom is 0.151 e. The Labute approximate surface area is 198 Å². The summed E-state index contributed by atoms with van der Waals surface area (Å²) in [5.74, 6) is 2.04. The molecule has 0 radical (unpaired) electrons. The lowest BCUT2D eigenvalue weighted by Gasteiger charge is -2.28. The minimum atomic E-state index is -0.289. The van der Waals surface area contributed by atoms with Crippen molar-refractivity contribution in [2.45, 2.75) is 19.3 Å². The van der Waals surface area contributed by atoms with Crippen molar-refractivity contribution < 1.29 is 19.4 Å². The Morgan fingerprint density at radius 2 is 0.941 bits per heavy atom. The molecule has 34 heavy (non-hydrogen) atoms. The molecular weight excluding hydrogens is 432 g/mol. The van der Waals surface area contributed by atoms with E-state index < -0.39 is 0 Å². The van der Waals surface area contributed by atoms with E-state index in [1.807, 2.05) is 72.8 Å². The van der Waals surface area contributed by atoms with Crippen LogP contribution in [0.5, 0.6) is 23.0 Å². The van der Waals surface area contributed by atoms with E-state index in [1.54, 1.807) is 36.4 Å². The summed E-state index contributed by atoms with van der Waals surface area (Å²) in [4.78, 5) is 21.0. The third-order valence-electron chi connectivity index (χ3n) is 5.32. The molecule has 0 saturated heterocycles. The van der Waals surface area contributed by atoms with Crippen molar-refractivity contribution in [1.29, 1.82) is 0 Å². The highest BCUT2D eigenvalue weighted by Crippen LogP contribution is 2.33. The van der Waals surface area contributed by atoms with Crippen LogP contribution < -0.4 is 25.0 Å². The summed E-state index contributed by atoms with van der Waals surface area (Å²) >= 11 is 0. The van der Waals surface area contributed by atoms with Gasteiger partial charge in [0.05, 0.1) is 0 Å². The van der Waals surface area contributed by atoms with E-state index in [-0.39, 0.29) is 10.8 Å². The molecule has 0 aliphatic carbocycles. The van der Waals surface area contributed by atoms with Crippen molar-refractivity contribution in [2.24, 2.45) is 0 Å². The second-order valence-electron chi connectivity index (χ2n) is 7.99. The predicted octanol–water partition coefficient (Wildman–Crippen LogP) is 5.98. The summed E-state index contributed by atoms with van der Waals surface area (Å²) in [5.41, 5.74) is 4.35. The molecule has 4 aromatic carbocycles. The van der Waals surface area contributed by atoms with Crippen LogP contribution in [0, 0.1) is 5.21 Å². The molecule has 0 spiro atoms.